The van der Waals surface area contributed by atoms with Crippen LogP contribution in [-0.4, -0.2) is 34.4 Å². The predicted octanol–water partition coefficient (Wildman–Crippen LogP) is 2.43. The topological polar surface area (TPSA) is 122 Å². The number of benzene rings is 1. The number of hydrogen-bond donors (Lipinski definition) is 3. The summed E-state index contributed by atoms with van der Waals surface area (Å²) in [7, 11) is 1.52. The Kier molecular flexibility index (Phi) is 4.88. The predicted molar refractivity (Wildman–Crippen MR) is 84.9 cm³/mol. The van der Waals surface area contributed by atoms with E-state index in [4.69, 9.17) is 19.5 Å². The van der Waals surface area contributed by atoms with Crippen LogP contribution >= 0.6 is 0 Å². The molecular formula is C16H16N2O6. The molecule has 2 rings (SSSR count). The average Bonchev–Trinajstić information content (AvgIpc) is 2.85. The number of aliphatic carboxylic acids is 2. The van der Waals surface area contributed by atoms with Crippen LogP contribution in [0.4, 0.5) is 5.69 Å². The lowest BCUT2D eigenvalue weighted by atomic mass is 10.0. The monoisotopic (exact) mass is 332 g/mol. The zero-order chi connectivity index (χ0) is 17.9. The van der Waals surface area contributed by atoms with Gasteiger partial charge in [-0.05, 0) is 32.0 Å². The van der Waals surface area contributed by atoms with Gasteiger partial charge in [0, 0.05) is 17.5 Å². The van der Waals surface area contributed by atoms with E-state index >= 15 is 0 Å². The number of aromatic nitrogens is 1. The molecule has 1 aromatic heterocycles. The first-order valence-electron chi connectivity index (χ1n) is 6.89. The van der Waals surface area contributed by atoms with Gasteiger partial charge in [0.2, 0.25) is 0 Å². The Morgan fingerprint density at radius 1 is 1.25 bits per heavy atom. The molecule has 0 unspecified atom stereocenters. The van der Waals surface area contributed by atoms with Gasteiger partial charge in [0.1, 0.15) is 11.5 Å². The number of aryl methyl sites for hydroxylation is 2. The third kappa shape index (κ3) is 3.37. The number of carboxylic acid groups (broad SMARTS) is 2. The number of nitrogens with one attached hydrogen (secondary N) is 1. The standard InChI is InChI=1S/C16H16N2O6/c1-8-14(9(2)24-18-8)11-6-10(4-5-13(11)23-3)17-7-12(15(19)20)16(21)22/h4-7,17H,1-3H3,(H,19,20)(H,21,22). The van der Waals surface area contributed by atoms with Crippen molar-refractivity contribution in [3.63, 3.8) is 0 Å². The molecule has 1 heterocycles. The minimum absolute atomic E-state index is 0.491. The van der Waals surface area contributed by atoms with Crippen LogP contribution in [0.2, 0.25) is 0 Å². The number of rotatable bonds is 6. The lowest BCUT2D eigenvalue weighted by Gasteiger charge is -2.11. The minimum atomic E-state index is -1.53. The summed E-state index contributed by atoms with van der Waals surface area (Å²) in [4.78, 5) is 21.8. The van der Waals surface area contributed by atoms with E-state index in [0.29, 0.717) is 28.5 Å². The second-order valence-corrected chi connectivity index (χ2v) is 4.93. The van der Waals surface area contributed by atoms with Gasteiger partial charge in [-0.25, -0.2) is 9.59 Å². The summed E-state index contributed by atoms with van der Waals surface area (Å²) < 4.78 is 10.5. The van der Waals surface area contributed by atoms with E-state index in [9.17, 15) is 9.59 Å². The van der Waals surface area contributed by atoms with Crippen LogP contribution in [0.3, 0.4) is 0 Å². The molecule has 8 heteroatoms. The Morgan fingerprint density at radius 3 is 2.42 bits per heavy atom. The molecule has 3 N–H and O–H groups in total. The maximum atomic E-state index is 10.9. The Balaban J connectivity index is 2.45. The molecule has 0 saturated heterocycles. The van der Waals surface area contributed by atoms with Gasteiger partial charge in [0.25, 0.3) is 0 Å². The van der Waals surface area contributed by atoms with Gasteiger partial charge in [-0.3, -0.25) is 0 Å². The van der Waals surface area contributed by atoms with E-state index in [1.165, 1.54) is 7.11 Å². The van der Waals surface area contributed by atoms with Gasteiger partial charge in [-0.2, -0.15) is 0 Å². The summed E-state index contributed by atoms with van der Waals surface area (Å²) in [5.41, 5.74) is 1.85. The Morgan fingerprint density at radius 2 is 1.92 bits per heavy atom. The van der Waals surface area contributed by atoms with E-state index in [0.717, 1.165) is 11.8 Å². The maximum Gasteiger partial charge on any atom is 0.344 e. The normalized spacial score (nSPS) is 10.1. The zero-order valence-electron chi connectivity index (χ0n) is 13.3. The van der Waals surface area contributed by atoms with E-state index in [2.05, 4.69) is 10.5 Å². The molecular weight excluding hydrogens is 316 g/mol. The Hall–Kier alpha value is -3.29. The van der Waals surface area contributed by atoms with Crippen molar-refractivity contribution in [2.24, 2.45) is 0 Å². The first-order chi connectivity index (χ1) is 11.3. The molecule has 0 saturated carbocycles. The summed E-state index contributed by atoms with van der Waals surface area (Å²) in [6, 6.07) is 5.01. The van der Waals surface area contributed by atoms with Gasteiger partial charge in [0.15, 0.2) is 5.57 Å². The van der Waals surface area contributed by atoms with Crippen LogP contribution in [0, 0.1) is 13.8 Å². The van der Waals surface area contributed by atoms with Crippen molar-refractivity contribution in [2.45, 2.75) is 13.8 Å². The molecule has 0 atom stereocenters. The van der Waals surface area contributed by atoms with Crippen LogP contribution in [0.15, 0.2) is 34.5 Å². The van der Waals surface area contributed by atoms with Crippen molar-refractivity contribution in [3.8, 4) is 16.9 Å². The lowest BCUT2D eigenvalue weighted by Crippen LogP contribution is -2.12. The minimum Gasteiger partial charge on any atom is -0.496 e. The largest absolute Gasteiger partial charge is 0.496 e. The lowest BCUT2D eigenvalue weighted by molar-refractivity contribution is -0.140. The van der Waals surface area contributed by atoms with Crippen LogP contribution in [0.25, 0.3) is 11.1 Å². The molecule has 0 aliphatic carbocycles. The number of methoxy groups -OCH3 is 1. The molecule has 0 bridgehead atoms. The highest BCUT2D eigenvalue weighted by atomic mass is 16.5. The van der Waals surface area contributed by atoms with E-state index in [-0.39, 0.29) is 0 Å². The Bertz CT molecular complexity index is 786. The quantitative estimate of drug-likeness (QED) is 0.419. The average molecular weight is 332 g/mol. The smallest absolute Gasteiger partial charge is 0.344 e. The highest BCUT2D eigenvalue weighted by Crippen LogP contribution is 2.36. The molecule has 8 nitrogen and oxygen atoms in total. The first-order valence-corrected chi connectivity index (χ1v) is 6.89. The Labute approximate surface area is 137 Å². The summed E-state index contributed by atoms with van der Waals surface area (Å²) >= 11 is 0. The molecule has 24 heavy (non-hydrogen) atoms. The van der Waals surface area contributed by atoms with Gasteiger partial charge in [-0.15, -0.1) is 0 Å². The maximum absolute atomic E-state index is 10.9. The van der Waals surface area contributed by atoms with Gasteiger partial charge < -0.3 is 24.8 Å². The van der Waals surface area contributed by atoms with E-state index in [1.807, 2.05) is 0 Å². The number of carboxylic acids is 2. The van der Waals surface area contributed by atoms with Crippen molar-refractivity contribution in [1.82, 2.24) is 5.16 Å². The van der Waals surface area contributed by atoms with Gasteiger partial charge in [-0.1, -0.05) is 5.16 Å². The SMILES string of the molecule is COc1ccc(NC=C(C(=O)O)C(=O)O)cc1-c1c(C)noc1C. The summed E-state index contributed by atoms with van der Waals surface area (Å²) in [6.45, 7) is 3.56. The van der Waals surface area contributed by atoms with Crippen molar-refractivity contribution < 1.29 is 29.1 Å². The van der Waals surface area contributed by atoms with Crippen LogP contribution < -0.4 is 10.1 Å². The van der Waals surface area contributed by atoms with Crippen LogP contribution in [0.5, 0.6) is 5.75 Å². The van der Waals surface area contributed by atoms with E-state index < -0.39 is 17.5 Å². The van der Waals surface area contributed by atoms with Gasteiger partial charge in [0.05, 0.1) is 18.4 Å². The molecule has 0 radical (unpaired) electrons. The molecule has 0 spiro atoms. The molecule has 0 aliphatic rings. The number of ether oxygens (including phenoxy) is 1. The summed E-state index contributed by atoms with van der Waals surface area (Å²) in [6.07, 6.45) is 0.920. The number of anilines is 1. The summed E-state index contributed by atoms with van der Waals surface area (Å²) in [5.74, 6) is -1.88. The zero-order valence-corrected chi connectivity index (χ0v) is 13.3. The highest BCUT2D eigenvalue weighted by Gasteiger charge is 2.18. The fourth-order valence-electron chi connectivity index (χ4n) is 2.23. The van der Waals surface area contributed by atoms with E-state index in [1.54, 1.807) is 32.0 Å². The molecule has 2 aromatic rings. The molecule has 0 aliphatic heterocycles. The van der Waals surface area contributed by atoms with Crippen LogP contribution in [0.1, 0.15) is 11.5 Å². The second kappa shape index (κ2) is 6.86. The third-order valence-electron chi connectivity index (χ3n) is 3.35. The summed E-state index contributed by atoms with van der Waals surface area (Å²) in [5, 5.41) is 24.3. The van der Waals surface area contributed by atoms with Crippen molar-refractivity contribution in [1.29, 1.82) is 0 Å². The number of nitrogens with zero attached hydrogens (tertiary/aromatic N) is 1. The van der Waals surface area contributed by atoms with Crippen molar-refractivity contribution in [3.05, 3.63) is 41.4 Å². The fourth-order valence-corrected chi connectivity index (χ4v) is 2.23. The fraction of sp³-hybridized carbons (Fsp3) is 0.188. The number of carbonyl (C=O) groups is 2. The molecule has 126 valence electrons. The van der Waals surface area contributed by atoms with Crippen LogP contribution in [-0.2, 0) is 9.59 Å². The first kappa shape index (κ1) is 17.1. The third-order valence-corrected chi connectivity index (χ3v) is 3.35. The molecule has 0 fully saturated rings. The van der Waals surface area contributed by atoms with Gasteiger partial charge >= 0.3 is 11.9 Å². The second-order valence-electron chi connectivity index (χ2n) is 4.93. The van der Waals surface area contributed by atoms with Crippen molar-refractivity contribution in [2.75, 3.05) is 12.4 Å². The molecule has 0 amide bonds. The highest BCUT2D eigenvalue weighted by molar-refractivity contribution is 6.12. The molecule has 1 aromatic carbocycles. The number of hydrogen-bond acceptors (Lipinski definition) is 6. The van der Waals surface area contributed by atoms with Crippen molar-refractivity contribution >= 4 is 17.6 Å².